The van der Waals surface area contributed by atoms with Gasteiger partial charge in [-0.15, -0.1) is 0 Å². The van der Waals surface area contributed by atoms with Crippen LogP contribution in [-0.4, -0.2) is 27.3 Å². The summed E-state index contributed by atoms with van der Waals surface area (Å²) in [6.45, 7) is 8.64. The summed E-state index contributed by atoms with van der Waals surface area (Å²) in [4.78, 5) is 0. The van der Waals surface area contributed by atoms with Crippen LogP contribution < -0.4 is 5.32 Å². The Labute approximate surface area is 76.7 Å². The van der Waals surface area contributed by atoms with Gasteiger partial charge < -0.3 is 10.1 Å². The molecule has 0 bridgehead atoms. The maximum atomic E-state index is 5.22. The van der Waals surface area contributed by atoms with E-state index in [1.54, 1.807) is 7.11 Å². The number of hydrogen-bond donors (Lipinski definition) is 1. The Bertz CT molecular complexity index is 106. The fourth-order valence-corrected chi connectivity index (χ4v) is 1.94. The molecule has 0 amide bonds. The first-order valence-electron chi connectivity index (χ1n) is 4.67. The quantitative estimate of drug-likeness (QED) is 0.662. The molecule has 0 rings (SSSR count). The van der Waals surface area contributed by atoms with E-state index in [0.717, 1.165) is 19.1 Å². The molecular formula is C10H23NO. The Kier molecular flexibility index (Phi) is 5.51. The first-order chi connectivity index (χ1) is 5.54. The topological polar surface area (TPSA) is 21.3 Å². The molecule has 1 N–H and O–H groups in total. The zero-order valence-electron chi connectivity index (χ0n) is 9.11. The van der Waals surface area contributed by atoms with Crippen LogP contribution in [0.15, 0.2) is 0 Å². The first kappa shape index (κ1) is 11.9. The van der Waals surface area contributed by atoms with Gasteiger partial charge >= 0.3 is 0 Å². The van der Waals surface area contributed by atoms with E-state index in [2.05, 4.69) is 26.1 Å². The lowest BCUT2D eigenvalue weighted by Crippen LogP contribution is -2.35. The third-order valence-corrected chi connectivity index (χ3v) is 2.00. The Morgan fingerprint density at radius 3 is 2.33 bits per heavy atom. The van der Waals surface area contributed by atoms with Crippen LogP contribution in [0.5, 0.6) is 0 Å². The molecule has 0 fully saturated rings. The van der Waals surface area contributed by atoms with Gasteiger partial charge in [0.25, 0.3) is 0 Å². The second kappa shape index (κ2) is 5.55. The van der Waals surface area contributed by atoms with Crippen molar-refractivity contribution in [3.63, 3.8) is 0 Å². The standard InChI is InChI=1S/C10H23NO/c1-9(2)6-10(3,7-11-4)8-12-5/h9,11H,6-8H2,1-5H3. The Hall–Kier alpha value is -0.0800. The summed E-state index contributed by atoms with van der Waals surface area (Å²) in [5.74, 6) is 0.735. The molecule has 0 aliphatic rings. The molecule has 0 spiro atoms. The molecular weight excluding hydrogens is 150 g/mol. The van der Waals surface area contributed by atoms with Crippen LogP contribution in [0.3, 0.4) is 0 Å². The Balaban J connectivity index is 3.98. The van der Waals surface area contributed by atoms with Gasteiger partial charge in [-0.3, -0.25) is 0 Å². The van der Waals surface area contributed by atoms with Crippen molar-refractivity contribution in [3.05, 3.63) is 0 Å². The van der Waals surface area contributed by atoms with Gasteiger partial charge in [0.1, 0.15) is 0 Å². The van der Waals surface area contributed by atoms with Gasteiger partial charge in [0.15, 0.2) is 0 Å². The maximum absolute atomic E-state index is 5.22. The summed E-state index contributed by atoms with van der Waals surface area (Å²) >= 11 is 0. The van der Waals surface area contributed by atoms with Crippen LogP contribution >= 0.6 is 0 Å². The molecule has 0 aromatic carbocycles. The van der Waals surface area contributed by atoms with Crippen molar-refractivity contribution in [2.24, 2.45) is 11.3 Å². The lowest BCUT2D eigenvalue weighted by molar-refractivity contribution is 0.0766. The Morgan fingerprint density at radius 2 is 2.00 bits per heavy atom. The van der Waals surface area contributed by atoms with E-state index >= 15 is 0 Å². The average molecular weight is 173 g/mol. The summed E-state index contributed by atoms with van der Waals surface area (Å²) in [5, 5.41) is 3.22. The second-order valence-electron chi connectivity index (χ2n) is 4.37. The smallest absolute Gasteiger partial charge is 0.0528 e. The van der Waals surface area contributed by atoms with E-state index in [1.807, 2.05) is 7.05 Å². The molecule has 0 aliphatic carbocycles. The molecule has 0 heterocycles. The zero-order valence-corrected chi connectivity index (χ0v) is 9.11. The van der Waals surface area contributed by atoms with Crippen molar-refractivity contribution >= 4 is 0 Å². The second-order valence-corrected chi connectivity index (χ2v) is 4.37. The van der Waals surface area contributed by atoms with E-state index in [-0.39, 0.29) is 5.41 Å². The summed E-state index contributed by atoms with van der Waals surface area (Å²) in [6, 6.07) is 0. The predicted molar refractivity (Wildman–Crippen MR) is 53.4 cm³/mol. The molecule has 74 valence electrons. The van der Waals surface area contributed by atoms with Crippen molar-refractivity contribution in [1.82, 2.24) is 5.32 Å². The number of ether oxygens (including phenoxy) is 1. The molecule has 0 aromatic rings. The largest absolute Gasteiger partial charge is 0.384 e. The van der Waals surface area contributed by atoms with Crippen LogP contribution in [0.4, 0.5) is 0 Å². The fraction of sp³-hybridized carbons (Fsp3) is 1.00. The van der Waals surface area contributed by atoms with Crippen molar-refractivity contribution < 1.29 is 4.74 Å². The third-order valence-electron chi connectivity index (χ3n) is 2.00. The molecule has 0 saturated carbocycles. The highest BCUT2D eigenvalue weighted by Gasteiger charge is 2.24. The summed E-state index contributed by atoms with van der Waals surface area (Å²) in [7, 11) is 3.77. The monoisotopic (exact) mass is 173 g/mol. The van der Waals surface area contributed by atoms with Gasteiger partial charge in [0, 0.05) is 19.1 Å². The minimum absolute atomic E-state index is 0.289. The van der Waals surface area contributed by atoms with Crippen molar-refractivity contribution in [1.29, 1.82) is 0 Å². The van der Waals surface area contributed by atoms with E-state index in [4.69, 9.17) is 4.74 Å². The van der Waals surface area contributed by atoms with Gasteiger partial charge in [0.05, 0.1) is 6.61 Å². The van der Waals surface area contributed by atoms with Crippen molar-refractivity contribution in [2.75, 3.05) is 27.3 Å². The molecule has 1 unspecified atom stereocenters. The normalized spacial score (nSPS) is 16.5. The lowest BCUT2D eigenvalue weighted by Gasteiger charge is -2.30. The minimum Gasteiger partial charge on any atom is -0.384 e. The van der Waals surface area contributed by atoms with Gasteiger partial charge in [-0.05, 0) is 19.4 Å². The Morgan fingerprint density at radius 1 is 1.42 bits per heavy atom. The SMILES string of the molecule is CNCC(C)(COC)CC(C)C. The molecule has 0 saturated heterocycles. The van der Waals surface area contributed by atoms with E-state index in [1.165, 1.54) is 6.42 Å². The molecule has 0 aliphatic heterocycles. The average Bonchev–Trinajstić information content (AvgIpc) is 1.85. The summed E-state index contributed by atoms with van der Waals surface area (Å²) < 4.78 is 5.22. The number of hydrogen-bond acceptors (Lipinski definition) is 2. The van der Waals surface area contributed by atoms with Crippen LogP contribution in [-0.2, 0) is 4.74 Å². The first-order valence-corrected chi connectivity index (χ1v) is 4.67. The summed E-state index contributed by atoms with van der Waals surface area (Å²) in [6.07, 6.45) is 1.21. The highest BCUT2D eigenvalue weighted by atomic mass is 16.5. The highest BCUT2D eigenvalue weighted by Crippen LogP contribution is 2.25. The van der Waals surface area contributed by atoms with Gasteiger partial charge in [-0.2, -0.15) is 0 Å². The predicted octanol–water partition coefficient (Wildman–Crippen LogP) is 1.90. The van der Waals surface area contributed by atoms with E-state index < -0.39 is 0 Å². The van der Waals surface area contributed by atoms with Crippen molar-refractivity contribution in [2.45, 2.75) is 27.2 Å². The van der Waals surface area contributed by atoms with Crippen LogP contribution in [0, 0.1) is 11.3 Å². The number of methoxy groups -OCH3 is 1. The molecule has 2 nitrogen and oxygen atoms in total. The van der Waals surface area contributed by atoms with Crippen LogP contribution in [0.25, 0.3) is 0 Å². The third kappa shape index (κ3) is 4.73. The highest BCUT2D eigenvalue weighted by molar-refractivity contribution is 4.77. The van der Waals surface area contributed by atoms with Gasteiger partial charge in [0.2, 0.25) is 0 Å². The van der Waals surface area contributed by atoms with Crippen LogP contribution in [0.2, 0.25) is 0 Å². The molecule has 12 heavy (non-hydrogen) atoms. The molecule has 1 atom stereocenters. The number of rotatable bonds is 6. The molecule has 0 aromatic heterocycles. The van der Waals surface area contributed by atoms with E-state index in [9.17, 15) is 0 Å². The minimum atomic E-state index is 0.289. The van der Waals surface area contributed by atoms with Gasteiger partial charge in [-0.1, -0.05) is 20.8 Å². The van der Waals surface area contributed by atoms with Gasteiger partial charge in [-0.25, -0.2) is 0 Å². The van der Waals surface area contributed by atoms with Crippen molar-refractivity contribution in [3.8, 4) is 0 Å². The lowest BCUT2D eigenvalue weighted by atomic mass is 9.82. The zero-order chi connectivity index (χ0) is 9.61. The summed E-state index contributed by atoms with van der Waals surface area (Å²) in [5.41, 5.74) is 0.289. The maximum Gasteiger partial charge on any atom is 0.0528 e. The number of nitrogens with one attached hydrogen (secondary N) is 1. The van der Waals surface area contributed by atoms with E-state index in [0.29, 0.717) is 0 Å². The molecule has 0 radical (unpaired) electrons. The van der Waals surface area contributed by atoms with Crippen LogP contribution in [0.1, 0.15) is 27.2 Å². The fourth-order valence-electron chi connectivity index (χ4n) is 1.94. The molecule has 2 heteroatoms.